The first-order valence-corrected chi connectivity index (χ1v) is 15.8. The van der Waals surface area contributed by atoms with E-state index in [1.54, 1.807) is 0 Å². The van der Waals surface area contributed by atoms with E-state index in [9.17, 15) is 0 Å². The number of aromatic nitrogens is 2. The second-order valence-corrected chi connectivity index (χ2v) is 12.3. The summed E-state index contributed by atoms with van der Waals surface area (Å²) in [7, 11) is 0. The van der Waals surface area contributed by atoms with Crippen molar-refractivity contribution in [1.29, 1.82) is 5.41 Å². The standard InChI is InChI=1S/C38H32N4S/c39-36(26-14-5-2-6-15-26)43-37(40)35-24-34(25-12-3-1-4-13-25)41-38(42-35)29-18-11-17-27(22-29)33-23-28-16-7-8-19-30(28)31-20-9-10-21-32(31)33/h1,3-4,7-13,16-24,26,39-40H,2,5-6,14-15H2/p+1. The van der Waals surface area contributed by atoms with E-state index in [0.717, 1.165) is 35.2 Å². The van der Waals surface area contributed by atoms with Crippen LogP contribution in [0, 0.1) is 11.3 Å². The molecular weight excluding hydrogens is 545 g/mol. The van der Waals surface area contributed by atoms with Crippen molar-refractivity contribution >= 4 is 43.4 Å². The first-order chi connectivity index (χ1) is 21.1. The SMILES string of the molecule is N=C(SC(=[NH2+])c1cc(-c2ccccc2)nc(-c2cccc(-c3cc4ccccc4c4ccccc34)c2)n1)C1CCCCC1. The van der Waals surface area contributed by atoms with Crippen molar-refractivity contribution < 1.29 is 5.41 Å². The molecule has 1 aromatic heterocycles. The lowest BCUT2D eigenvalue weighted by Gasteiger charge is -2.21. The van der Waals surface area contributed by atoms with E-state index < -0.39 is 0 Å². The number of hydrogen-bond acceptors (Lipinski definition) is 4. The summed E-state index contributed by atoms with van der Waals surface area (Å²) in [6.07, 6.45) is 5.77. The van der Waals surface area contributed by atoms with Gasteiger partial charge in [0.15, 0.2) is 5.82 Å². The van der Waals surface area contributed by atoms with Crippen molar-refractivity contribution in [2.45, 2.75) is 32.1 Å². The Hall–Kier alpha value is -4.61. The van der Waals surface area contributed by atoms with E-state index in [4.69, 9.17) is 20.8 Å². The van der Waals surface area contributed by atoms with Crippen molar-refractivity contribution in [2.75, 3.05) is 0 Å². The molecule has 0 bridgehead atoms. The molecule has 0 spiro atoms. The van der Waals surface area contributed by atoms with Crippen LogP contribution < -0.4 is 5.41 Å². The fraction of sp³-hybridized carbons (Fsp3) is 0.158. The Morgan fingerprint density at radius 3 is 2.14 bits per heavy atom. The van der Waals surface area contributed by atoms with Crippen molar-refractivity contribution in [2.24, 2.45) is 5.92 Å². The minimum Gasteiger partial charge on any atom is -0.298 e. The Kier molecular flexibility index (Phi) is 7.56. The van der Waals surface area contributed by atoms with Crippen LogP contribution in [-0.2, 0) is 0 Å². The highest BCUT2D eigenvalue weighted by atomic mass is 32.2. The number of rotatable bonds is 5. The third kappa shape index (κ3) is 5.61. The molecule has 1 aliphatic carbocycles. The second kappa shape index (κ2) is 11.9. The Labute approximate surface area is 256 Å². The number of benzene rings is 5. The number of nitrogens with one attached hydrogen (secondary N) is 1. The summed E-state index contributed by atoms with van der Waals surface area (Å²) in [5.74, 6) is 0.914. The highest BCUT2D eigenvalue weighted by Gasteiger charge is 2.24. The normalized spacial score (nSPS) is 13.8. The third-order valence-electron chi connectivity index (χ3n) is 8.44. The van der Waals surface area contributed by atoms with Gasteiger partial charge in [0.25, 0.3) is 5.04 Å². The zero-order valence-electron chi connectivity index (χ0n) is 24.0. The van der Waals surface area contributed by atoms with E-state index in [0.29, 0.717) is 27.5 Å². The molecule has 7 rings (SSSR count). The Bertz CT molecular complexity index is 1980. The van der Waals surface area contributed by atoms with Gasteiger partial charge in [-0.25, -0.2) is 15.4 Å². The van der Waals surface area contributed by atoms with E-state index in [-0.39, 0.29) is 0 Å². The van der Waals surface area contributed by atoms with Crippen LogP contribution in [0.15, 0.2) is 115 Å². The molecule has 5 aromatic carbocycles. The molecule has 0 amide bonds. The van der Waals surface area contributed by atoms with Gasteiger partial charge in [0.2, 0.25) is 0 Å². The number of thioether (sulfide) groups is 1. The Morgan fingerprint density at radius 2 is 1.33 bits per heavy atom. The number of hydrogen-bond donors (Lipinski definition) is 2. The molecule has 6 aromatic rings. The van der Waals surface area contributed by atoms with Gasteiger partial charge in [-0.05, 0) is 75.5 Å². The molecule has 1 heterocycles. The van der Waals surface area contributed by atoms with Crippen LogP contribution in [0.25, 0.3) is 55.3 Å². The van der Waals surface area contributed by atoms with Crippen LogP contribution in [0.3, 0.4) is 0 Å². The topological polar surface area (TPSA) is 75.2 Å². The van der Waals surface area contributed by atoms with Gasteiger partial charge in [-0.15, -0.1) is 0 Å². The lowest BCUT2D eigenvalue weighted by atomic mass is 9.90. The second-order valence-electron chi connectivity index (χ2n) is 11.3. The molecule has 1 aliphatic rings. The molecule has 210 valence electrons. The van der Waals surface area contributed by atoms with Crippen molar-refractivity contribution in [3.8, 4) is 33.8 Å². The highest BCUT2D eigenvalue weighted by molar-refractivity contribution is 8.26. The van der Waals surface area contributed by atoms with Gasteiger partial charge in [0.1, 0.15) is 5.69 Å². The smallest absolute Gasteiger partial charge is 0.263 e. The molecule has 5 heteroatoms. The maximum Gasteiger partial charge on any atom is 0.263 e. The zero-order chi connectivity index (χ0) is 29.2. The van der Waals surface area contributed by atoms with Crippen LogP contribution >= 0.6 is 11.8 Å². The van der Waals surface area contributed by atoms with Crippen molar-refractivity contribution in [3.05, 3.63) is 121 Å². The highest BCUT2D eigenvalue weighted by Crippen LogP contribution is 2.36. The maximum absolute atomic E-state index is 8.76. The molecule has 1 fully saturated rings. The summed E-state index contributed by atoms with van der Waals surface area (Å²) < 4.78 is 0. The molecule has 1 saturated carbocycles. The summed E-state index contributed by atoms with van der Waals surface area (Å²) in [4.78, 5) is 10.0. The molecule has 0 atom stereocenters. The summed E-state index contributed by atoms with van der Waals surface area (Å²) >= 11 is 1.36. The van der Waals surface area contributed by atoms with E-state index in [2.05, 4.69) is 91.0 Å². The number of fused-ring (bicyclic) bond motifs is 3. The molecule has 0 aliphatic heterocycles. The minimum absolute atomic E-state index is 0.292. The summed E-state index contributed by atoms with van der Waals surface area (Å²) in [5.41, 5.74) is 5.70. The van der Waals surface area contributed by atoms with Gasteiger partial charge in [0.05, 0.1) is 10.7 Å². The van der Waals surface area contributed by atoms with Crippen LogP contribution in [0.1, 0.15) is 37.8 Å². The largest absolute Gasteiger partial charge is 0.298 e. The lowest BCUT2D eigenvalue weighted by molar-refractivity contribution is -0.107. The van der Waals surface area contributed by atoms with E-state index >= 15 is 0 Å². The average molecular weight is 578 g/mol. The zero-order valence-corrected chi connectivity index (χ0v) is 24.8. The molecule has 3 N–H and O–H groups in total. The van der Waals surface area contributed by atoms with Crippen LogP contribution in [0.4, 0.5) is 0 Å². The quantitative estimate of drug-likeness (QED) is 0.122. The van der Waals surface area contributed by atoms with E-state index in [1.165, 1.54) is 58.1 Å². The van der Waals surface area contributed by atoms with Crippen LogP contribution in [0.5, 0.6) is 0 Å². The molecule has 4 nitrogen and oxygen atoms in total. The van der Waals surface area contributed by atoms with Crippen LogP contribution in [-0.4, -0.2) is 20.1 Å². The number of nitrogens with zero attached hydrogens (tertiary/aromatic N) is 2. The third-order valence-corrected chi connectivity index (χ3v) is 9.43. The first-order valence-electron chi connectivity index (χ1n) is 15.0. The first kappa shape index (κ1) is 27.2. The van der Waals surface area contributed by atoms with Crippen LogP contribution in [0.2, 0.25) is 0 Å². The predicted octanol–water partition coefficient (Wildman–Crippen LogP) is 8.58. The average Bonchev–Trinajstić information content (AvgIpc) is 3.08. The van der Waals surface area contributed by atoms with Crippen molar-refractivity contribution in [1.82, 2.24) is 9.97 Å². The van der Waals surface area contributed by atoms with Gasteiger partial charge in [0, 0.05) is 17.0 Å². The van der Waals surface area contributed by atoms with Gasteiger partial charge in [-0.2, -0.15) is 0 Å². The summed E-state index contributed by atoms with van der Waals surface area (Å²) in [5, 5.41) is 21.6. The monoisotopic (exact) mass is 577 g/mol. The Morgan fingerprint density at radius 1 is 0.651 bits per heavy atom. The fourth-order valence-electron chi connectivity index (χ4n) is 6.20. The molecular formula is C38H33N4S+. The minimum atomic E-state index is 0.292. The fourth-order valence-corrected chi connectivity index (χ4v) is 7.05. The molecule has 0 saturated heterocycles. The molecule has 0 radical (unpaired) electrons. The molecule has 43 heavy (non-hydrogen) atoms. The van der Waals surface area contributed by atoms with Gasteiger partial charge < -0.3 is 0 Å². The molecule has 0 unspecified atom stereocenters. The number of nitrogens with two attached hydrogens (primary N) is 1. The van der Waals surface area contributed by atoms with Crippen molar-refractivity contribution in [3.63, 3.8) is 0 Å². The summed E-state index contributed by atoms with van der Waals surface area (Å²) in [6.45, 7) is 0. The lowest BCUT2D eigenvalue weighted by Crippen LogP contribution is -2.40. The summed E-state index contributed by atoms with van der Waals surface area (Å²) in [6, 6.07) is 40.0. The van der Waals surface area contributed by atoms with E-state index in [1.807, 2.05) is 24.3 Å². The predicted molar refractivity (Wildman–Crippen MR) is 181 cm³/mol. The van der Waals surface area contributed by atoms with Gasteiger partial charge in [-0.1, -0.05) is 116 Å². The Balaban J connectivity index is 1.31. The maximum atomic E-state index is 8.76. The van der Waals surface area contributed by atoms with Gasteiger partial charge >= 0.3 is 0 Å². The van der Waals surface area contributed by atoms with Gasteiger partial charge in [-0.3, -0.25) is 5.41 Å².